The molecule has 0 aromatic heterocycles. The first-order valence-electron chi connectivity index (χ1n) is 3.66. The van der Waals surface area contributed by atoms with Crippen LogP contribution in [0.3, 0.4) is 0 Å². The van der Waals surface area contributed by atoms with Crippen molar-refractivity contribution in [1.29, 1.82) is 0 Å². The molecular weight excluding hydrogens is 181 g/mol. The molecule has 4 N–H and O–H groups in total. The molecule has 0 bridgehead atoms. The summed E-state index contributed by atoms with van der Waals surface area (Å²) in [6, 6.07) is 0.211. The lowest BCUT2D eigenvalue weighted by molar-refractivity contribution is 0.504. The largest absolute Gasteiger partial charge is 0.329 e. The van der Waals surface area contributed by atoms with E-state index >= 15 is 0 Å². The average molecular weight is 190 g/mol. The van der Waals surface area contributed by atoms with Gasteiger partial charge in [0, 0.05) is 30.3 Å². The number of benzene rings is 1. The molecule has 1 rings (SSSR count). The van der Waals surface area contributed by atoms with E-state index in [0.717, 1.165) is 0 Å². The molecule has 72 valence electrons. The molecule has 5 heteroatoms. The zero-order valence-corrected chi connectivity index (χ0v) is 6.73. The Morgan fingerprint density at radius 1 is 1.15 bits per heavy atom. The third kappa shape index (κ3) is 1.99. The van der Waals surface area contributed by atoms with Crippen LogP contribution in [-0.4, -0.2) is 6.54 Å². The van der Waals surface area contributed by atoms with Crippen molar-refractivity contribution in [2.45, 2.75) is 6.04 Å². The molecule has 1 aromatic carbocycles. The summed E-state index contributed by atoms with van der Waals surface area (Å²) < 4.78 is 38.3. The molecule has 1 atom stereocenters. The fraction of sp³-hybridized carbons (Fsp3) is 0.250. The minimum absolute atomic E-state index is 0.0977. The van der Waals surface area contributed by atoms with Crippen molar-refractivity contribution in [1.82, 2.24) is 0 Å². The summed E-state index contributed by atoms with van der Waals surface area (Å²) in [6.45, 7) is -0.0977. The average Bonchev–Trinajstić information content (AvgIpc) is 2.02. The van der Waals surface area contributed by atoms with Crippen LogP contribution in [0.4, 0.5) is 13.2 Å². The van der Waals surface area contributed by atoms with Crippen LogP contribution in [-0.2, 0) is 0 Å². The predicted octanol–water partition coefficient (Wildman–Crippen LogP) is 1.06. The Labute approximate surface area is 73.3 Å². The number of hydrogen-bond donors (Lipinski definition) is 2. The molecule has 2 nitrogen and oxygen atoms in total. The highest BCUT2D eigenvalue weighted by atomic mass is 19.1. The molecule has 0 aliphatic heterocycles. The smallest absolute Gasteiger partial charge is 0.133 e. The first kappa shape index (κ1) is 10.0. The van der Waals surface area contributed by atoms with E-state index in [1.54, 1.807) is 0 Å². The summed E-state index contributed by atoms with van der Waals surface area (Å²) in [4.78, 5) is 0. The predicted molar refractivity (Wildman–Crippen MR) is 42.3 cm³/mol. The highest BCUT2D eigenvalue weighted by molar-refractivity contribution is 5.24. The topological polar surface area (TPSA) is 52.0 Å². The fourth-order valence-electron chi connectivity index (χ4n) is 1.03. The van der Waals surface area contributed by atoms with Crippen LogP contribution in [0.2, 0.25) is 0 Å². The van der Waals surface area contributed by atoms with Crippen LogP contribution in [0.1, 0.15) is 11.6 Å². The zero-order chi connectivity index (χ0) is 10.0. The first-order chi connectivity index (χ1) is 6.06. The summed E-state index contributed by atoms with van der Waals surface area (Å²) in [5.74, 6) is -2.98. The van der Waals surface area contributed by atoms with Gasteiger partial charge in [0.05, 0.1) is 0 Å². The molecule has 0 aliphatic rings. The SMILES string of the molecule is NCC(N)c1c(F)cc(F)cc1F. The molecule has 0 heterocycles. The van der Waals surface area contributed by atoms with E-state index in [-0.39, 0.29) is 12.1 Å². The standard InChI is InChI=1S/C8H9F3N2/c9-4-1-5(10)8(6(11)2-4)7(13)3-12/h1-2,7H,3,12-13H2. The zero-order valence-electron chi connectivity index (χ0n) is 6.73. The van der Waals surface area contributed by atoms with Crippen LogP contribution < -0.4 is 11.5 Å². The minimum Gasteiger partial charge on any atom is -0.329 e. The van der Waals surface area contributed by atoms with Gasteiger partial charge in [-0.1, -0.05) is 0 Å². The van der Waals surface area contributed by atoms with Crippen molar-refractivity contribution in [3.05, 3.63) is 35.1 Å². The van der Waals surface area contributed by atoms with Crippen molar-refractivity contribution in [3.8, 4) is 0 Å². The summed E-state index contributed by atoms with van der Waals surface area (Å²) in [5.41, 5.74) is 10.1. The van der Waals surface area contributed by atoms with Gasteiger partial charge in [0.15, 0.2) is 0 Å². The van der Waals surface area contributed by atoms with Gasteiger partial charge in [-0.2, -0.15) is 0 Å². The quantitative estimate of drug-likeness (QED) is 0.732. The third-order valence-corrected chi connectivity index (χ3v) is 1.67. The van der Waals surface area contributed by atoms with Gasteiger partial charge in [-0.15, -0.1) is 0 Å². The second-order valence-corrected chi connectivity index (χ2v) is 2.63. The van der Waals surface area contributed by atoms with Gasteiger partial charge in [0.25, 0.3) is 0 Å². The fourth-order valence-corrected chi connectivity index (χ4v) is 1.03. The minimum atomic E-state index is -1.00. The van der Waals surface area contributed by atoms with E-state index in [1.807, 2.05) is 0 Å². The van der Waals surface area contributed by atoms with Gasteiger partial charge >= 0.3 is 0 Å². The van der Waals surface area contributed by atoms with E-state index in [9.17, 15) is 13.2 Å². The van der Waals surface area contributed by atoms with Crippen molar-refractivity contribution in [2.75, 3.05) is 6.54 Å². The molecule has 0 amide bonds. The second-order valence-electron chi connectivity index (χ2n) is 2.63. The Hall–Kier alpha value is -1.07. The number of nitrogens with two attached hydrogens (primary N) is 2. The Balaban J connectivity index is 3.20. The molecule has 13 heavy (non-hydrogen) atoms. The normalized spacial score (nSPS) is 13.0. The highest BCUT2D eigenvalue weighted by Gasteiger charge is 2.16. The van der Waals surface area contributed by atoms with Crippen LogP contribution >= 0.6 is 0 Å². The summed E-state index contributed by atoms with van der Waals surface area (Å²) in [7, 11) is 0. The van der Waals surface area contributed by atoms with Crippen molar-refractivity contribution in [2.24, 2.45) is 11.5 Å². The first-order valence-corrected chi connectivity index (χ1v) is 3.66. The van der Waals surface area contributed by atoms with Crippen molar-refractivity contribution < 1.29 is 13.2 Å². The van der Waals surface area contributed by atoms with Crippen molar-refractivity contribution in [3.63, 3.8) is 0 Å². The number of halogens is 3. The lowest BCUT2D eigenvalue weighted by atomic mass is 10.1. The third-order valence-electron chi connectivity index (χ3n) is 1.67. The molecule has 0 spiro atoms. The summed E-state index contributed by atoms with van der Waals surface area (Å²) in [6.07, 6.45) is 0. The molecule has 0 saturated carbocycles. The summed E-state index contributed by atoms with van der Waals surface area (Å²) in [5, 5.41) is 0. The lowest BCUT2D eigenvalue weighted by Crippen LogP contribution is -2.23. The van der Waals surface area contributed by atoms with Crippen LogP contribution in [0, 0.1) is 17.5 Å². The van der Waals surface area contributed by atoms with Gasteiger partial charge in [0.1, 0.15) is 17.5 Å². The molecule has 1 aromatic rings. The van der Waals surface area contributed by atoms with Gasteiger partial charge in [-0.05, 0) is 0 Å². The number of rotatable bonds is 2. The number of hydrogen-bond acceptors (Lipinski definition) is 2. The molecule has 0 saturated heterocycles. The molecule has 1 unspecified atom stereocenters. The van der Waals surface area contributed by atoms with Gasteiger partial charge in [0.2, 0.25) is 0 Å². The van der Waals surface area contributed by atoms with Crippen LogP contribution in [0.5, 0.6) is 0 Å². The molecular formula is C8H9F3N2. The molecule has 0 radical (unpaired) electrons. The van der Waals surface area contributed by atoms with E-state index < -0.39 is 23.5 Å². The van der Waals surface area contributed by atoms with E-state index in [1.165, 1.54) is 0 Å². The maximum atomic E-state index is 12.9. The highest BCUT2D eigenvalue weighted by Crippen LogP contribution is 2.19. The summed E-state index contributed by atoms with van der Waals surface area (Å²) >= 11 is 0. The van der Waals surface area contributed by atoms with E-state index in [4.69, 9.17) is 11.5 Å². The Kier molecular flexibility index (Phi) is 2.90. The maximum Gasteiger partial charge on any atom is 0.133 e. The van der Waals surface area contributed by atoms with E-state index in [0.29, 0.717) is 12.1 Å². The Morgan fingerprint density at radius 3 is 2.00 bits per heavy atom. The maximum absolute atomic E-state index is 12.9. The lowest BCUT2D eigenvalue weighted by Gasteiger charge is -2.11. The van der Waals surface area contributed by atoms with E-state index in [2.05, 4.69) is 0 Å². The second kappa shape index (κ2) is 3.76. The van der Waals surface area contributed by atoms with Crippen molar-refractivity contribution >= 4 is 0 Å². The Bertz CT molecular complexity index is 291. The van der Waals surface area contributed by atoms with Gasteiger partial charge in [-0.25, -0.2) is 13.2 Å². The molecule has 0 fully saturated rings. The van der Waals surface area contributed by atoms with Gasteiger partial charge in [-0.3, -0.25) is 0 Å². The Morgan fingerprint density at radius 2 is 1.62 bits per heavy atom. The monoisotopic (exact) mass is 190 g/mol. The van der Waals surface area contributed by atoms with Crippen LogP contribution in [0.25, 0.3) is 0 Å². The van der Waals surface area contributed by atoms with Crippen LogP contribution in [0.15, 0.2) is 12.1 Å². The molecule has 0 aliphatic carbocycles. The van der Waals surface area contributed by atoms with Gasteiger partial charge < -0.3 is 11.5 Å².